The number of carbonyl (C=O) groups excluding carboxylic acids is 1. The van der Waals surface area contributed by atoms with Crippen molar-refractivity contribution in [1.29, 1.82) is 0 Å². The van der Waals surface area contributed by atoms with Crippen LogP contribution in [0.4, 0.5) is 5.69 Å². The first-order valence-corrected chi connectivity index (χ1v) is 6.67. The number of hydrogen-bond donors (Lipinski definition) is 2. The van der Waals surface area contributed by atoms with Crippen molar-refractivity contribution in [3.05, 3.63) is 51.2 Å². The molecule has 0 fully saturated rings. The maximum absolute atomic E-state index is 11.8. The molecule has 0 spiro atoms. The Morgan fingerprint density at radius 1 is 1.32 bits per heavy atom. The van der Waals surface area contributed by atoms with E-state index in [0.717, 1.165) is 4.88 Å². The molecule has 1 aromatic carbocycles. The average molecular weight is 296 g/mol. The first-order valence-electron chi connectivity index (χ1n) is 5.41. The van der Waals surface area contributed by atoms with Crippen molar-refractivity contribution < 1.29 is 14.7 Å². The zero-order chi connectivity index (χ0) is 13.8. The van der Waals surface area contributed by atoms with Crippen molar-refractivity contribution in [3.63, 3.8) is 0 Å². The molecule has 98 valence electrons. The summed E-state index contributed by atoms with van der Waals surface area (Å²) in [4.78, 5) is 23.6. The molecule has 0 aliphatic rings. The molecular weight excluding hydrogens is 286 g/mol. The molecule has 0 aliphatic heterocycles. The maximum atomic E-state index is 11.8. The number of rotatable bonds is 4. The molecule has 1 heterocycles. The van der Waals surface area contributed by atoms with Gasteiger partial charge in [-0.2, -0.15) is 0 Å². The molecule has 0 saturated carbocycles. The lowest BCUT2D eigenvalue weighted by Gasteiger charge is -2.07. The monoisotopic (exact) mass is 295 g/mol. The number of halogens is 1. The van der Waals surface area contributed by atoms with Crippen LogP contribution in [0.25, 0.3) is 0 Å². The van der Waals surface area contributed by atoms with Crippen LogP contribution in [-0.4, -0.2) is 17.0 Å². The van der Waals surface area contributed by atoms with Gasteiger partial charge in [-0.3, -0.25) is 4.79 Å². The fourth-order valence-corrected chi connectivity index (χ4v) is 2.39. The summed E-state index contributed by atoms with van der Waals surface area (Å²) in [5.74, 6) is -1.29. The van der Waals surface area contributed by atoms with Crippen LogP contribution in [-0.2, 0) is 11.2 Å². The van der Waals surface area contributed by atoms with Gasteiger partial charge in [-0.1, -0.05) is 17.7 Å². The van der Waals surface area contributed by atoms with Crippen molar-refractivity contribution >= 4 is 40.5 Å². The summed E-state index contributed by atoms with van der Waals surface area (Å²) in [6.45, 7) is 0. The SMILES string of the molecule is O=C(Cc1cccs1)Nc1cc(C(=O)O)ccc1Cl. The van der Waals surface area contributed by atoms with Crippen LogP contribution in [0.5, 0.6) is 0 Å². The van der Waals surface area contributed by atoms with Gasteiger partial charge >= 0.3 is 5.97 Å². The molecule has 2 aromatic rings. The Morgan fingerprint density at radius 2 is 2.11 bits per heavy atom. The van der Waals surface area contributed by atoms with Crippen LogP contribution >= 0.6 is 22.9 Å². The van der Waals surface area contributed by atoms with Crippen molar-refractivity contribution in [2.45, 2.75) is 6.42 Å². The number of thiophene rings is 1. The number of nitrogens with one attached hydrogen (secondary N) is 1. The Morgan fingerprint density at radius 3 is 2.74 bits per heavy atom. The van der Waals surface area contributed by atoms with Gasteiger partial charge in [0, 0.05) is 4.88 Å². The molecule has 2 N–H and O–H groups in total. The molecule has 2 rings (SSSR count). The fraction of sp³-hybridized carbons (Fsp3) is 0.0769. The maximum Gasteiger partial charge on any atom is 0.335 e. The van der Waals surface area contributed by atoms with Crippen molar-refractivity contribution in [2.24, 2.45) is 0 Å². The number of aromatic carboxylic acids is 1. The number of amides is 1. The fourth-order valence-electron chi connectivity index (χ4n) is 1.52. The van der Waals surface area contributed by atoms with E-state index in [0.29, 0.717) is 10.7 Å². The van der Waals surface area contributed by atoms with Gasteiger partial charge in [-0.05, 0) is 29.6 Å². The van der Waals surface area contributed by atoms with Gasteiger partial charge in [0.1, 0.15) is 0 Å². The number of carboxylic acid groups (broad SMARTS) is 1. The molecule has 19 heavy (non-hydrogen) atoms. The molecule has 0 aliphatic carbocycles. The predicted molar refractivity (Wildman–Crippen MR) is 75.1 cm³/mol. The molecule has 0 radical (unpaired) electrons. The topological polar surface area (TPSA) is 66.4 Å². The van der Waals surface area contributed by atoms with Crippen LogP contribution in [0.2, 0.25) is 5.02 Å². The first-order chi connectivity index (χ1) is 9.06. The minimum absolute atomic E-state index is 0.0795. The lowest BCUT2D eigenvalue weighted by Crippen LogP contribution is -2.14. The van der Waals surface area contributed by atoms with Crippen molar-refractivity contribution in [2.75, 3.05) is 5.32 Å². The van der Waals surface area contributed by atoms with Gasteiger partial charge in [0.25, 0.3) is 0 Å². The highest BCUT2D eigenvalue weighted by molar-refractivity contribution is 7.10. The zero-order valence-electron chi connectivity index (χ0n) is 9.72. The van der Waals surface area contributed by atoms with Crippen LogP contribution in [0.1, 0.15) is 15.2 Å². The molecule has 6 heteroatoms. The lowest BCUT2D eigenvalue weighted by molar-refractivity contribution is -0.115. The molecule has 0 atom stereocenters. The number of hydrogen-bond acceptors (Lipinski definition) is 3. The molecule has 0 bridgehead atoms. The molecule has 1 aromatic heterocycles. The van der Waals surface area contributed by atoms with E-state index in [1.807, 2.05) is 17.5 Å². The highest BCUT2D eigenvalue weighted by atomic mass is 35.5. The van der Waals surface area contributed by atoms with Crippen LogP contribution in [0.15, 0.2) is 35.7 Å². The zero-order valence-corrected chi connectivity index (χ0v) is 11.3. The van der Waals surface area contributed by atoms with Crippen LogP contribution < -0.4 is 5.32 Å². The summed E-state index contributed by atoms with van der Waals surface area (Å²) in [7, 11) is 0. The van der Waals surface area contributed by atoms with Gasteiger partial charge in [0.05, 0.1) is 22.7 Å². The van der Waals surface area contributed by atoms with Crippen LogP contribution in [0, 0.1) is 0 Å². The van der Waals surface area contributed by atoms with E-state index in [1.54, 1.807) is 0 Å². The molecule has 0 unspecified atom stereocenters. The summed E-state index contributed by atoms with van der Waals surface area (Å²) in [5, 5.41) is 13.7. The van der Waals surface area contributed by atoms with Gasteiger partial charge < -0.3 is 10.4 Å². The second kappa shape index (κ2) is 5.86. The summed E-state index contributed by atoms with van der Waals surface area (Å²) in [6, 6.07) is 7.91. The van der Waals surface area contributed by atoms with E-state index in [1.165, 1.54) is 29.5 Å². The number of carbonyl (C=O) groups is 2. The number of benzene rings is 1. The Bertz CT molecular complexity index is 610. The third-order valence-electron chi connectivity index (χ3n) is 2.40. The van der Waals surface area contributed by atoms with Crippen molar-refractivity contribution in [1.82, 2.24) is 0 Å². The molecule has 0 saturated heterocycles. The van der Waals surface area contributed by atoms with Gasteiger partial charge in [0.15, 0.2) is 0 Å². The second-order valence-electron chi connectivity index (χ2n) is 3.80. The van der Waals surface area contributed by atoms with Gasteiger partial charge in [-0.15, -0.1) is 11.3 Å². The highest BCUT2D eigenvalue weighted by Gasteiger charge is 2.10. The largest absolute Gasteiger partial charge is 0.478 e. The summed E-state index contributed by atoms with van der Waals surface area (Å²) < 4.78 is 0. The third kappa shape index (κ3) is 3.56. The Labute approximate surface area is 118 Å². The van der Waals surface area contributed by atoms with E-state index >= 15 is 0 Å². The predicted octanol–water partition coefficient (Wildman–Crippen LogP) is 3.28. The number of anilines is 1. The first kappa shape index (κ1) is 13.6. The third-order valence-corrected chi connectivity index (χ3v) is 3.61. The van der Waals surface area contributed by atoms with E-state index in [-0.39, 0.29) is 17.9 Å². The Balaban J connectivity index is 2.11. The minimum atomic E-state index is -1.06. The van der Waals surface area contributed by atoms with Gasteiger partial charge in [-0.25, -0.2) is 4.79 Å². The van der Waals surface area contributed by atoms with E-state index in [9.17, 15) is 9.59 Å². The smallest absolute Gasteiger partial charge is 0.335 e. The van der Waals surface area contributed by atoms with E-state index in [4.69, 9.17) is 16.7 Å². The molecular formula is C13H10ClNO3S. The van der Waals surface area contributed by atoms with E-state index in [2.05, 4.69) is 5.32 Å². The standard InChI is InChI=1S/C13H10ClNO3S/c14-10-4-3-8(13(17)18)6-11(10)15-12(16)7-9-2-1-5-19-9/h1-6H,7H2,(H,15,16)(H,17,18). The number of carboxylic acids is 1. The van der Waals surface area contributed by atoms with Crippen LogP contribution in [0.3, 0.4) is 0 Å². The van der Waals surface area contributed by atoms with Gasteiger partial charge in [0.2, 0.25) is 5.91 Å². The highest BCUT2D eigenvalue weighted by Crippen LogP contribution is 2.23. The quantitative estimate of drug-likeness (QED) is 0.909. The minimum Gasteiger partial charge on any atom is -0.478 e. The summed E-state index contributed by atoms with van der Waals surface area (Å²) in [6.07, 6.45) is 0.241. The van der Waals surface area contributed by atoms with E-state index < -0.39 is 5.97 Å². The summed E-state index contributed by atoms with van der Waals surface area (Å²) in [5.41, 5.74) is 0.388. The normalized spacial score (nSPS) is 10.2. The Hall–Kier alpha value is -1.85. The second-order valence-corrected chi connectivity index (χ2v) is 5.24. The molecule has 4 nitrogen and oxygen atoms in total. The molecule has 1 amide bonds. The van der Waals surface area contributed by atoms with Crippen molar-refractivity contribution in [3.8, 4) is 0 Å². The average Bonchev–Trinajstić information content (AvgIpc) is 2.84. The lowest BCUT2D eigenvalue weighted by atomic mass is 10.2. The summed E-state index contributed by atoms with van der Waals surface area (Å²) >= 11 is 7.41. The Kier molecular flexibility index (Phi) is 4.19.